The lowest BCUT2D eigenvalue weighted by molar-refractivity contribution is 0.116. The van der Waals surface area contributed by atoms with Crippen molar-refractivity contribution in [1.82, 2.24) is 0 Å². The third-order valence-electron chi connectivity index (χ3n) is 3.46. The van der Waals surface area contributed by atoms with Crippen molar-refractivity contribution in [2.75, 3.05) is 11.9 Å². The van der Waals surface area contributed by atoms with Crippen LogP contribution in [0.15, 0.2) is 42.5 Å². The van der Waals surface area contributed by atoms with E-state index in [0.717, 1.165) is 18.0 Å². The molecular weight excluding hydrogens is 234 g/mol. The monoisotopic (exact) mass is 253 g/mol. The molecule has 0 radical (unpaired) electrons. The predicted molar refractivity (Wildman–Crippen MR) is 79.8 cm³/mol. The van der Waals surface area contributed by atoms with E-state index in [1.54, 1.807) is 0 Å². The van der Waals surface area contributed by atoms with Crippen molar-refractivity contribution in [2.45, 2.75) is 26.4 Å². The van der Waals surface area contributed by atoms with Gasteiger partial charge in [0, 0.05) is 0 Å². The summed E-state index contributed by atoms with van der Waals surface area (Å²) in [5, 5.41) is 3.45. The van der Waals surface area contributed by atoms with Crippen molar-refractivity contribution in [3.05, 3.63) is 48.0 Å². The molecule has 98 valence electrons. The molecule has 0 aromatic heterocycles. The number of hydrogen-bond acceptors (Lipinski definition) is 2. The molecule has 2 aromatic carbocycles. The van der Waals surface area contributed by atoms with E-state index in [1.807, 2.05) is 0 Å². The molecule has 0 saturated carbocycles. The Morgan fingerprint density at radius 2 is 1.68 bits per heavy atom. The quantitative estimate of drug-likeness (QED) is 0.820. The average molecular weight is 253 g/mol. The zero-order valence-electron chi connectivity index (χ0n) is 11.7. The molecule has 2 aromatic rings. The number of aryl methyl sites for hydroxylation is 1. The van der Waals surface area contributed by atoms with Gasteiger partial charge in [0.05, 0.1) is 12.2 Å². The van der Waals surface area contributed by atoms with E-state index in [4.69, 9.17) is 4.74 Å². The Morgan fingerprint density at radius 3 is 2.42 bits per heavy atom. The average Bonchev–Trinajstić information content (AvgIpc) is 2.38. The Labute approximate surface area is 114 Å². The highest BCUT2D eigenvalue weighted by molar-refractivity contribution is 5.72. The number of nitrogens with one attached hydrogen (secondary N) is 1. The fourth-order valence-electron chi connectivity index (χ4n) is 2.32. The van der Waals surface area contributed by atoms with Gasteiger partial charge in [0.2, 0.25) is 0 Å². The van der Waals surface area contributed by atoms with E-state index in [9.17, 15) is 0 Å². The standard InChI is InChI=1S/C17H19NO/c1-12-4-6-13(7-5-12)14-8-9-16-15(10-14)18-11-17(2,3)19-16/h4-10,18H,11H2,1-3H3. The summed E-state index contributed by atoms with van der Waals surface area (Å²) < 4.78 is 5.97. The lowest BCUT2D eigenvalue weighted by Gasteiger charge is -2.33. The Balaban J connectivity index is 1.96. The zero-order chi connectivity index (χ0) is 13.5. The second-order valence-corrected chi connectivity index (χ2v) is 5.79. The second kappa shape index (κ2) is 4.30. The molecule has 1 aliphatic heterocycles. The molecule has 2 heteroatoms. The Morgan fingerprint density at radius 1 is 1.00 bits per heavy atom. The van der Waals surface area contributed by atoms with Crippen LogP contribution in [-0.2, 0) is 0 Å². The number of rotatable bonds is 1. The molecular formula is C17H19NO. The van der Waals surface area contributed by atoms with Crippen molar-refractivity contribution in [3.8, 4) is 16.9 Å². The summed E-state index contributed by atoms with van der Waals surface area (Å²) in [6.45, 7) is 7.12. The topological polar surface area (TPSA) is 21.3 Å². The minimum absolute atomic E-state index is 0.141. The van der Waals surface area contributed by atoms with Gasteiger partial charge in [-0.1, -0.05) is 35.9 Å². The minimum atomic E-state index is -0.141. The SMILES string of the molecule is Cc1ccc(-c2ccc3c(c2)NCC(C)(C)O3)cc1. The Bertz CT molecular complexity index is 599. The molecule has 0 saturated heterocycles. The smallest absolute Gasteiger partial charge is 0.143 e. The van der Waals surface area contributed by atoms with Gasteiger partial charge in [-0.15, -0.1) is 0 Å². The predicted octanol–water partition coefficient (Wildman–Crippen LogP) is 4.24. The molecule has 0 spiro atoms. The van der Waals surface area contributed by atoms with Crippen LogP contribution in [0.25, 0.3) is 11.1 Å². The maximum Gasteiger partial charge on any atom is 0.143 e. The number of hydrogen-bond donors (Lipinski definition) is 1. The van der Waals surface area contributed by atoms with Crippen LogP contribution in [-0.4, -0.2) is 12.1 Å². The molecule has 2 nitrogen and oxygen atoms in total. The van der Waals surface area contributed by atoms with E-state index in [2.05, 4.69) is 68.6 Å². The van der Waals surface area contributed by atoms with Gasteiger partial charge in [0.15, 0.2) is 0 Å². The molecule has 1 aliphatic rings. The van der Waals surface area contributed by atoms with Crippen LogP contribution in [0.4, 0.5) is 5.69 Å². The lowest BCUT2D eigenvalue weighted by Crippen LogP contribution is -2.39. The van der Waals surface area contributed by atoms with Crippen LogP contribution in [0.1, 0.15) is 19.4 Å². The van der Waals surface area contributed by atoms with E-state index in [1.165, 1.54) is 16.7 Å². The fourth-order valence-corrected chi connectivity index (χ4v) is 2.32. The summed E-state index contributed by atoms with van der Waals surface area (Å²) in [6.07, 6.45) is 0. The number of anilines is 1. The molecule has 1 N–H and O–H groups in total. The minimum Gasteiger partial charge on any atom is -0.484 e. The van der Waals surface area contributed by atoms with Crippen molar-refractivity contribution >= 4 is 5.69 Å². The van der Waals surface area contributed by atoms with Crippen LogP contribution in [0, 0.1) is 6.92 Å². The van der Waals surface area contributed by atoms with Crippen LogP contribution in [0.3, 0.4) is 0 Å². The highest BCUT2D eigenvalue weighted by Crippen LogP contribution is 2.36. The van der Waals surface area contributed by atoms with Gasteiger partial charge < -0.3 is 10.1 Å². The fraction of sp³-hybridized carbons (Fsp3) is 0.294. The highest BCUT2D eigenvalue weighted by Gasteiger charge is 2.26. The molecule has 3 rings (SSSR count). The van der Waals surface area contributed by atoms with Gasteiger partial charge in [-0.3, -0.25) is 0 Å². The van der Waals surface area contributed by atoms with E-state index in [0.29, 0.717) is 0 Å². The first-order chi connectivity index (χ1) is 9.03. The summed E-state index contributed by atoms with van der Waals surface area (Å²) in [6, 6.07) is 14.9. The lowest BCUT2D eigenvalue weighted by atomic mass is 10.0. The van der Waals surface area contributed by atoms with Gasteiger partial charge in [0.25, 0.3) is 0 Å². The van der Waals surface area contributed by atoms with Crippen LogP contribution in [0.2, 0.25) is 0 Å². The molecule has 19 heavy (non-hydrogen) atoms. The highest BCUT2D eigenvalue weighted by atomic mass is 16.5. The summed E-state index contributed by atoms with van der Waals surface area (Å²) in [5.74, 6) is 0.937. The summed E-state index contributed by atoms with van der Waals surface area (Å²) in [7, 11) is 0. The van der Waals surface area contributed by atoms with E-state index in [-0.39, 0.29) is 5.60 Å². The molecule has 0 atom stereocenters. The number of ether oxygens (including phenoxy) is 1. The molecule has 0 aliphatic carbocycles. The van der Waals surface area contributed by atoms with Crippen molar-refractivity contribution in [2.24, 2.45) is 0 Å². The third-order valence-corrected chi connectivity index (χ3v) is 3.46. The van der Waals surface area contributed by atoms with Crippen LogP contribution in [0.5, 0.6) is 5.75 Å². The molecule has 0 unspecified atom stereocenters. The molecule has 1 heterocycles. The summed E-state index contributed by atoms with van der Waals surface area (Å²) in [4.78, 5) is 0. The van der Waals surface area contributed by atoms with E-state index < -0.39 is 0 Å². The summed E-state index contributed by atoms with van der Waals surface area (Å²) in [5.41, 5.74) is 4.68. The molecule has 0 bridgehead atoms. The first-order valence-corrected chi connectivity index (χ1v) is 6.67. The first-order valence-electron chi connectivity index (χ1n) is 6.67. The van der Waals surface area contributed by atoms with E-state index >= 15 is 0 Å². The third kappa shape index (κ3) is 2.43. The number of benzene rings is 2. The Hall–Kier alpha value is -1.96. The van der Waals surface area contributed by atoms with Crippen molar-refractivity contribution in [1.29, 1.82) is 0 Å². The van der Waals surface area contributed by atoms with Gasteiger partial charge in [-0.05, 0) is 44.0 Å². The first kappa shape index (κ1) is 12.1. The largest absolute Gasteiger partial charge is 0.484 e. The molecule has 0 fully saturated rings. The second-order valence-electron chi connectivity index (χ2n) is 5.79. The Kier molecular flexibility index (Phi) is 2.74. The maximum absolute atomic E-state index is 5.97. The number of fused-ring (bicyclic) bond motifs is 1. The van der Waals surface area contributed by atoms with Gasteiger partial charge in [-0.25, -0.2) is 0 Å². The van der Waals surface area contributed by atoms with Gasteiger partial charge >= 0.3 is 0 Å². The van der Waals surface area contributed by atoms with Gasteiger partial charge in [0.1, 0.15) is 11.4 Å². The van der Waals surface area contributed by atoms with Crippen molar-refractivity contribution < 1.29 is 4.74 Å². The molecule has 0 amide bonds. The normalized spacial score (nSPS) is 16.2. The van der Waals surface area contributed by atoms with Crippen LogP contribution >= 0.6 is 0 Å². The maximum atomic E-state index is 5.97. The van der Waals surface area contributed by atoms with Crippen LogP contribution < -0.4 is 10.1 Å². The van der Waals surface area contributed by atoms with Gasteiger partial charge in [-0.2, -0.15) is 0 Å². The zero-order valence-corrected chi connectivity index (χ0v) is 11.7. The van der Waals surface area contributed by atoms with Crippen molar-refractivity contribution in [3.63, 3.8) is 0 Å². The summed E-state index contributed by atoms with van der Waals surface area (Å²) >= 11 is 0.